The number of likely N-dealkylation sites (tertiary alicyclic amines) is 1. The lowest BCUT2D eigenvalue weighted by Gasteiger charge is -2.45. The zero-order valence-electron chi connectivity index (χ0n) is 19.8. The van der Waals surface area contributed by atoms with Crippen LogP contribution < -0.4 is 0 Å². The van der Waals surface area contributed by atoms with E-state index >= 15 is 0 Å². The molecule has 0 saturated carbocycles. The fraction of sp³-hybridized carbons (Fsp3) is 0.538. The molecule has 4 rings (SSSR count). The second-order valence-corrected chi connectivity index (χ2v) is 11.6. The zero-order chi connectivity index (χ0) is 24.7. The van der Waals surface area contributed by atoms with Gasteiger partial charge in [0.2, 0.25) is 0 Å². The van der Waals surface area contributed by atoms with Crippen molar-refractivity contribution in [3.05, 3.63) is 64.2 Å². The van der Waals surface area contributed by atoms with E-state index in [0.717, 1.165) is 60.3 Å². The molecule has 2 aliphatic heterocycles. The molecule has 2 heterocycles. The van der Waals surface area contributed by atoms with Crippen molar-refractivity contribution in [3.8, 4) is 5.75 Å². The number of likely N-dealkylation sites (N-methyl/N-ethyl adjacent to an activating group) is 1. The molecule has 2 atom stereocenters. The minimum Gasteiger partial charge on any atom is -0.507 e. The molecule has 0 radical (unpaired) electrons. The topological polar surface area (TPSA) is 35.9 Å². The standard InChI is InChI=1S/C26H32F3IN2O2/c1-17-4-9-22-21(24(17)33)14-23(34-25(22,30)16-31(2)3)19-10-12-32(13-11-19)15-18-5-7-20(8-6-18)26(27,28)29/h4-9,19,23,33H,10-16H2,1-3H3/t23-,25+/m0/s1. The van der Waals surface area contributed by atoms with Crippen LogP contribution >= 0.6 is 22.6 Å². The van der Waals surface area contributed by atoms with Gasteiger partial charge in [-0.25, -0.2) is 0 Å². The first-order valence-electron chi connectivity index (χ1n) is 11.7. The van der Waals surface area contributed by atoms with Crippen LogP contribution in [0.1, 0.15) is 40.7 Å². The molecule has 0 unspecified atom stereocenters. The lowest BCUT2D eigenvalue weighted by atomic mass is 9.82. The van der Waals surface area contributed by atoms with E-state index in [1.165, 1.54) is 0 Å². The van der Waals surface area contributed by atoms with Crippen molar-refractivity contribution >= 4 is 22.6 Å². The van der Waals surface area contributed by atoms with E-state index in [1.807, 2.05) is 27.1 Å². The van der Waals surface area contributed by atoms with Crippen molar-refractivity contribution in [2.24, 2.45) is 5.92 Å². The minimum atomic E-state index is -4.30. The normalized spacial score (nSPS) is 24.4. The van der Waals surface area contributed by atoms with E-state index in [1.54, 1.807) is 12.1 Å². The van der Waals surface area contributed by atoms with Gasteiger partial charge in [0.15, 0.2) is 3.61 Å². The summed E-state index contributed by atoms with van der Waals surface area (Å²) in [5.41, 5.74) is 3.23. The maximum absolute atomic E-state index is 12.8. The van der Waals surface area contributed by atoms with Gasteiger partial charge in [-0.2, -0.15) is 13.2 Å². The summed E-state index contributed by atoms with van der Waals surface area (Å²) in [4.78, 5) is 4.41. The molecular weight excluding hydrogens is 556 g/mol. The highest BCUT2D eigenvalue weighted by atomic mass is 127. The zero-order valence-corrected chi connectivity index (χ0v) is 22.0. The Morgan fingerprint density at radius 1 is 1.12 bits per heavy atom. The molecule has 1 fully saturated rings. The van der Waals surface area contributed by atoms with Gasteiger partial charge in [-0.05, 0) is 98.7 Å². The second-order valence-electron chi connectivity index (χ2n) is 9.89. The van der Waals surface area contributed by atoms with Crippen molar-refractivity contribution in [1.82, 2.24) is 9.80 Å². The number of aryl methyl sites for hydroxylation is 1. The van der Waals surface area contributed by atoms with Crippen LogP contribution in [0.4, 0.5) is 13.2 Å². The lowest BCUT2D eigenvalue weighted by molar-refractivity contribution is -0.137. The van der Waals surface area contributed by atoms with Crippen LogP contribution in [0.2, 0.25) is 0 Å². The molecule has 0 aliphatic carbocycles. The largest absolute Gasteiger partial charge is 0.507 e. The number of halogens is 4. The van der Waals surface area contributed by atoms with Crippen LogP contribution in [0.25, 0.3) is 0 Å². The number of piperidine rings is 1. The predicted octanol–water partition coefficient (Wildman–Crippen LogP) is 5.72. The smallest absolute Gasteiger partial charge is 0.416 e. The summed E-state index contributed by atoms with van der Waals surface area (Å²) >= 11 is 2.40. The highest BCUT2D eigenvalue weighted by Crippen LogP contribution is 2.47. The minimum absolute atomic E-state index is 0.0188. The number of hydrogen-bond donors (Lipinski definition) is 1. The van der Waals surface area contributed by atoms with Gasteiger partial charge in [-0.1, -0.05) is 24.3 Å². The maximum atomic E-state index is 12.8. The predicted molar refractivity (Wildman–Crippen MR) is 135 cm³/mol. The summed E-state index contributed by atoms with van der Waals surface area (Å²) < 4.78 is 44.7. The summed E-state index contributed by atoms with van der Waals surface area (Å²) in [6.45, 7) is 5.04. The summed E-state index contributed by atoms with van der Waals surface area (Å²) in [6.07, 6.45) is -1.66. The quantitative estimate of drug-likeness (QED) is 0.358. The number of aromatic hydroxyl groups is 1. The van der Waals surface area contributed by atoms with E-state index in [2.05, 4.69) is 38.5 Å². The Balaban J connectivity index is 1.43. The Morgan fingerprint density at radius 2 is 1.76 bits per heavy atom. The third kappa shape index (κ3) is 5.55. The van der Waals surface area contributed by atoms with Crippen molar-refractivity contribution in [2.75, 3.05) is 33.7 Å². The molecule has 1 saturated heterocycles. The van der Waals surface area contributed by atoms with Gasteiger partial charge in [-0.15, -0.1) is 0 Å². The summed E-state index contributed by atoms with van der Waals surface area (Å²) in [6, 6.07) is 9.52. The molecule has 186 valence electrons. The highest BCUT2D eigenvalue weighted by Gasteiger charge is 2.44. The van der Waals surface area contributed by atoms with Gasteiger partial charge in [0.05, 0.1) is 11.7 Å². The molecule has 2 aliphatic rings. The molecule has 0 amide bonds. The average molecular weight is 588 g/mol. The molecule has 0 spiro atoms. The van der Waals surface area contributed by atoms with Gasteiger partial charge in [0, 0.05) is 30.6 Å². The fourth-order valence-electron chi connectivity index (χ4n) is 5.19. The van der Waals surface area contributed by atoms with Crippen LogP contribution in [0, 0.1) is 12.8 Å². The molecule has 8 heteroatoms. The first-order chi connectivity index (χ1) is 16.0. The average Bonchev–Trinajstić information content (AvgIpc) is 2.76. The van der Waals surface area contributed by atoms with E-state index in [-0.39, 0.29) is 6.10 Å². The Hall–Kier alpha value is -1.36. The first-order valence-corrected chi connectivity index (χ1v) is 12.8. The Kier molecular flexibility index (Phi) is 7.53. The number of benzene rings is 2. The van der Waals surface area contributed by atoms with E-state index in [9.17, 15) is 18.3 Å². The van der Waals surface area contributed by atoms with Crippen molar-refractivity contribution in [3.63, 3.8) is 0 Å². The SMILES string of the molecule is Cc1ccc2c(c1O)C[C@@H](C1CCN(Cc3ccc(C(F)(F)F)cc3)CC1)O[C@]2(I)CN(C)C. The number of phenolic OH excluding ortho intramolecular Hbond substituents is 1. The van der Waals surface area contributed by atoms with Gasteiger partial charge >= 0.3 is 6.18 Å². The highest BCUT2D eigenvalue weighted by molar-refractivity contribution is 14.1. The number of alkyl halides is 4. The number of ether oxygens (including phenoxy) is 1. The van der Waals surface area contributed by atoms with E-state index in [4.69, 9.17) is 4.74 Å². The Labute approximate surface area is 213 Å². The molecule has 34 heavy (non-hydrogen) atoms. The Morgan fingerprint density at radius 3 is 2.35 bits per heavy atom. The number of nitrogens with zero attached hydrogens (tertiary/aromatic N) is 2. The van der Waals surface area contributed by atoms with Crippen molar-refractivity contribution in [1.29, 1.82) is 0 Å². The first kappa shape index (κ1) is 25.7. The van der Waals surface area contributed by atoms with Gasteiger partial charge < -0.3 is 14.7 Å². The molecule has 4 nitrogen and oxygen atoms in total. The number of rotatable bonds is 5. The van der Waals surface area contributed by atoms with Crippen molar-refractivity contribution in [2.45, 2.75) is 48.6 Å². The molecule has 1 N–H and O–H groups in total. The van der Waals surface area contributed by atoms with Crippen LogP contribution in [-0.4, -0.2) is 54.7 Å². The number of fused-ring (bicyclic) bond motifs is 1. The summed E-state index contributed by atoms with van der Waals surface area (Å²) in [7, 11) is 4.06. The van der Waals surface area contributed by atoms with E-state index in [0.29, 0.717) is 31.2 Å². The molecule has 2 aromatic carbocycles. The lowest BCUT2D eigenvalue weighted by Crippen LogP contribution is -2.47. The number of phenols is 1. The van der Waals surface area contributed by atoms with Crippen molar-refractivity contribution < 1.29 is 23.0 Å². The molecule has 0 aromatic heterocycles. The summed E-state index contributed by atoms with van der Waals surface area (Å²) in [5.74, 6) is 0.749. The van der Waals surface area contributed by atoms with E-state index < -0.39 is 15.3 Å². The monoisotopic (exact) mass is 588 g/mol. The van der Waals surface area contributed by atoms with Crippen LogP contribution in [0.3, 0.4) is 0 Å². The molecular formula is C26H32F3IN2O2. The maximum Gasteiger partial charge on any atom is 0.416 e. The van der Waals surface area contributed by atoms with Gasteiger partial charge in [0.1, 0.15) is 5.75 Å². The van der Waals surface area contributed by atoms with Gasteiger partial charge in [0.25, 0.3) is 0 Å². The van der Waals surface area contributed by atoms with Crippen LogP contribution in [0.5, 0.6) is 5.75 Å². The molecule has 0 bridgehead atoms. The van der Waals surface area contributed by atoms with Gasteiger partial charge in [-0.3, -0.25) is 4.90 Å². The fourth-order valence-corrected chi connectivity index (χ4v) is 6.70. The summed E-state index contributed by atoms with van der Waals surface area (Å²) in [5, 5.41) is 10.9. The third-order valence-corrected chi connectivity index (χ3v) is 8.17. The third-order valence-electron chi connectivity index (χ3n) is 7.00. The molecule has 2 aromatic rings. The number of hydrogen-bond acceptors (Lipinski definition) is 4. The van der Waals surface area contributed by atoms with Crippen LogP contribution in [0.15, 0.2) is 36.4 Å². The van der Waals surface area contributed by atoms with Crippen LogP contribution in [-0.2, 0) is 27.5 Å². The Bertz CT molecular complexity index is 1000. The second kappa shape index (κ2) is 9.95.